The molecule has 1 heterocycles. The highest BCUT2D eigenvalue weighted by atomic mass is 19.4. The summed E-state index contributed by atoms with van der Waals surface area (Å²) in [6, 6.07) is 4.19. The molecule has 27 heavy (non-hydrogen) atoms. The number of hydrogen-bond donors (Lipinski definition) is 2. The number of rotatable bonds is 7. The zero-order valence-corrected chi connectivity index (χ0v) is 14.5. The maximum atomic E-state index is 14.1. The van der Waals surface area contributed by atoms with E-state index < -0.39 is 23.4 Å². The Morgan fingerprint density at radius 2 is 2.00 bits per heavy atom. The molecule has 2 N–H and O–H groups in total. The van der Waals surface area contributed by atoms with E-state index >= 15 is 0 Å². The third kappa shape index (κ3) is 5.54. The molecule has 1 aromatic heterocycles. The molecule has 0 spiro atoms. The lowest BCUT2D eigenvalue weighted by molar-refractivity contribution is -0.140. The number of nitrogens with zero attached hydrogens (tertiary/aromatic N) is 1. The summed E-state index contributed by atoms with van der Waals surface area (Å²) in [6.07, 6.45) is 0.485. The van der Waals surface area contributed by atoms with Crippen LogP contribution in [0.25, 0.3) is 0 Å². The molecule has 0 aliphatic heterocycles. The largest absolute Gasteiger partial charge is 0.419 e. The lowest BCUT2D eigenvalue weighted by atomic mass is 10.1. The first-order valence-electron chi connectivity index (χ1n) is 8.08. The van der Waals surface area contributed by atoms with Gasteiger partial charge in [0.1, 0.15) is 5.82 Å². The summed E-state index contributed by atoms with van der Waals surface area (Å²) >= 11 is 0. The van der Waals surface area contributed by atoms with Crippen molar-refractivity contribution in [3.8, 4) is 0 Å². The number of halogens is 5. The van der Waals surface area contributed by atoms with Gasteiger partial charge in [0.05, 0.1) is 17.4 Å². The highest BCUT2D eigenvalue weighted by Gasteiger charge is 2.34. The molecular formula is C19H18F5N3. The maximum Gasteiger partial charge on any atom is 0.419 e. The molecular weight excluding hydrogens is 365 g/mol. The van der Waals surface area contributed by atoms with Crippen molar-refractivity contribution in [3.63, 3.8) is 0 Å². The molecule has 0 amide bonds. The minimum absolute atomic E-state index is 0.0276. The second-order valence-electron chi connectivity index (χ2n) is 5.69. The number of anilines is 2. The van der Waals surface area contributed by atoms with Crippen LogP contribution in [-0.4, -0.2) is 4.98 Å². The van der Waals surface area contributed by atoms with Gasteiger partial charge in [0, 0.05) is 18.2 Å². The molecule has 1 aromatic carbocycles. The standard InChI is InChI=1S/C19H18F5N3/c1-3-4-8-25-18-16(20)10-14(11-26-18)27-12(2)9-13-6-5-7-15(17(13)21)19(22,23)24/h4-8,10-11,27H,2-3,9H2,1H3,(H,25,26)/b8-4+. The van der Waals surface area contributed by atoms with Crippen molar-refractivity contribution in [2.75, 3.05) is 10.6 Å². The van der Waals surface area contributed by atoms with Crippen molar-refractivity contribution in [2.24, 2.45) is 0 Å². The highest BCUT2D eigenvalue weighted by Crippen LogP contribution is 2.33. The molecule has 0 radical (unpaired) electrons. The normalized spacial score (nSPS) is 11.6. The molecule has 0 fully saturated rings. The minimum Gasteiger partial charge on any atom is -0.358 e. The van der Waals surface area contributed by atoms with Crippen LogP contribution in [0.4, 0.5) is 33.5 Å². The van der Waals surface area contributed by atoms with Gasteiger partial charge in [-0.25, -0.2) is 13.8 Å². The summed E-state index contributed by atoms with van der Waals surface area (Å²) in [7, 11) is 0. The average Bonchev–Trinajstić information content (AvgIpc) is 2.58. The van der Waals surface area contributed by atoms with E-state index in [0.717, 1.165) is 18.6 Å². The quantitative estimate of drug-likeness (QED) is 0.586. The first-order valence-corrected chi connectivity index (χ1v) is 8.08. The Kier molecular flexibility index (Phi) is 6.55. The molecule has 0 aliphatic carbocycles. The number of hydrogen-bond acceptors (Lipinski definition) is 3. The predicted octanol–water partition coefficient (Wildman–Crippen LogP) is 5.88. The number of alkyl halides is 3. The van der Waals surface area contributed by atoms with Crippen LogP contribution in [0.3, 0.4) is 0 Å². The summed E-state index contributed by atoms with van der Waals surface area (Å²) in [5, 5.41) is 5.41. The Bertz CT molecular complexity index is 844. The number of pyridine rings is 1. The van der Waals surface area contributed by atoms with Crippen molar-refractivity contribution < 1.29 is 22.0 Å². The molecule has 8 heteroatoms. The van der Waals surface area contributed by atoms with Crippen LogP contribution < -0.4 is 10.6 Å². The minimum atomic E-state index is -4.78. The molecule has 0 unspecified atom stereocenters. The number of nitrogens with one attached hydrogen (secondary N) is 2. The molecule has 0 aliphatic rings. The Hall–Kier alpha value is -2.90. The fourth-order valence-corrected chi connectivity index (χ4v) is 2.28. The molecule has 2 rings (SSSR count). The summed E-state index contributed by atoms with van der Waals surface area (Å²) in [5.41, 5.74) is -1.06. The summed E-state index contributed by atoms with van der Waals surface area (Å²) < 4.78 is 66.3. The van der Waals surface area contributed by atoms with E-state index in [-0.39, 0.29) is 29.2 Å². The highest BCUT2D eigenvalue weighted by molar-refractivity contribution is 5.52. The number of aromatic nitrogens is 1. The maximum absolute atomic E-state index is 14.1. The van der Waals surface area contributed by atoms with Crippen LogP contribution in [0.2, 0.25) is 0 Å². The van der Waals surface area contributed by atoms with Gasteiger partial charge in [-0.2, -0.15) is 13.2 Å². The van der Waals surface area contributed by atoms with Gasteiger partial charge < -0.3 is 10.6 Å². The van der Waals surface area contributed by atoms with Gasteiger partial charge in [-0.1, -0.05) is 31.7 Å². The summed E-state index contributed by atoms with van der Waals surface area (Å²) in [4.78, 5) is 3.91. The molecule has 0 bridgehead atoms. The van der Waals surface area contributed by atoms with Crippen LogP contribution in [0, 0.1) is 11.6 Å². The van der Waals surface area contributed by atoms with Crippen molar-refractivity contribution in [1.82, 2.24) is 4.98 Å². The molecule has 144 valence electrons. The van der Waals surface area contributed by atoms with Crippen molar-refractivity contribution in [2.45, 2.75) is 25.9 Å². The lowest BCUT2D eigenvalue weighted by Gasteiger charge is -2.14. The number of allylic oxidation sites excluding steroid dienone is 2. The average molecular weight is 383 g/mol. The molecule has 0 saturated heterocycles. The van der Waals surface area contributed by atoms with Gasteiger partial charge in [0.2, 0.25) is 0 Å². The van der Waals surface area contributed by atoms with E-state index in [2.05, 4.69) is 22.2 Å². The van der Waals surface area contributed by atoms with Gasteiger partial charge in [0.25, 0.3) is 0 Å². The van der Waals surface area contributed by atoms with Crippen molar-refractivity contribution >= 4 is 11.5 Å². The summed E-state index contributed by atoms with van der Waals surface area (Å²) in [5.74, 6) is -1.95. The van der Waals surface area contributed by atoms with E-state index in [4.69, 9.17) is 0 Å². The Morgan fingerprint density at radius 3 is 2.63 bits per heavy atom. The number of benzene rings is 1. The van der Waals surface area contributed by atoms with E-state index in [1.54, 1.807) is 12.3 Å². The smallest absolute Gasteiger partial charge is 0.358 e. The van der Waals surface area contributed by atoms with Crippen molar-refractivity contribution in [1.29, 1.82) is 0 Å². The van der Waals surface area contributed by atoms with Gasteiger partial charge in [-0.05, 0) is 24.3 Å². The first kappa shape index (κ1) is 20.4. The van der Waals surface area contributed by atoms with Gasteiger partial charge in [-0.15, -0.1) is 0 Å². The fourth-order valence-electron chi connectivity index (χ4n) is 2.28. The van der Waals surface area contributed by atoms with Crippen molar-refractivity contribution in [3.05, 3.63) is 77.8 Å². The van der Waals surface area contributed by atoms with Crippen LogP contribution >= 0.6 is 0 Å². The summed E-state index contributed by atoms with van der Waals surface area (Å²) in [6.45, 7) is 5.58. The van der Waals surface area contributed by atoms with Gasteiger partial charge in [-0.3, -0.25) is 0 Å². The Labute approximate surface area is 153 Å². The van der Waals surface area contributed by atoms with Gasteiger partial charge >= 0.3 is 6.18 Å². The lowest BCUT2D eigenvalue weighted by Crippen LogP contribution is -2.11. The Morgan fingerprint density at radius 1 is 1.26 bits per heavy atom. The molecule has 2 aromatic rings. The molecule has 3 nitrogen and oxygen atoms in total. The van der Waals surface area contributed by atoms with E-state index in [9.17, 15) is 22.0 Å². The first-order chi connectivity index (χ1) is 12.7. The van der Waals surface area contributed by atoms with Gasteiger partial charge in [0.15, 0.2) is 11.6 Å². The van der Waals surface area contributed by atoms with Crippen LogP contribution in [-0.2, 0) is 12.6 Å². The van der Waals surface area contributed by atoms with E-state index in [0.29, 0.717) is 6.07 Å². The SMILES string of the molecule is C=C(Cc1cccc(C(F)(F)F)c1F)Nc1cnc(N/C=C/CC)c(F)c1. The topological polar surface area (TPSA) is 37.0 Å². The third-order valence-electron chi connectivity index (χ3n) is 3.52. The zero-order valence-electron chi connectivity index (χ0n) is 14.5. The second kappa shape index (κ2) is 8.66. The van der Waals surface area contributed by atoms with E-state index in [1.807, 2.05) is 6.92 Å². The Balaban J connectivity index is 2.08. The van der Waals surface area contributed by atoms with Crippen LogP contribution in [0.1, 0.15) is 24.5 Å². The second-order valence-corrected chi connectivity index (χ2v) is 5.69. The zero-order chi connectivity index (χ0) is 20.0. The fraction of sp³-hybridized carbons (Fsp3) is 0.211. The van der Waals surface area contributed by atoms with Crippen LogP contribution in [0.5, 0.6) is 0 Å². The predicted molar refractivity (Wildman–Crippen MR) is 95.1 cm³/mol. The monoisotopic (exact) mass is 383 g/mol. The van der Waals surface area contributed by atoms with E-state index in [1.165, 1.54) is 12.3 Å². The van der Waals surface area contributed by atoms with Crippen LogP contribution in [0.15, 0.2) is 55.0 Å². The third-order valence-corrected chi connectivity index (χ3v) is 3.52. The molecule has 0 saturated carbocycles. The molecule has 0 atom stereocenters.